The largest absolute Gasteiger partial charge is 0.382 e. The third kappa shape index (κ3) is 4.93. The van der Waals surface area contributed by atoms with Crippen molar-refractivity contribution in [3.63, 3.8) is 0 Å². The Hall–Kier alpha value is -2.40. The number of nitrogens with two attached hydrogens (primary N) is 1. The minimum absolute atomic E-state index is 0.0816. The molecule has 3 aromatic rings. The van der Waals surface area contributed by atoms with Crippen LogP contribution in [0.1, 0.15) is 29.8 Å². The second-order valence-corrected chi connectivity index (χ2v) is 10.6. The van der Waals surface area contributed by atoms with E-state index in [0.29, 0.717) is 29.4 Å². The van der Waals surface area contributed by atoms with E-state index in [2.05, 4.69) is 19.7 Å². The lowest BCUT2D eigenvalue weighted by atomic mass is 10.1. The van der Waals surface area contributed by atoms with Crippen LogP contribution in [0.25, 0.3) is 21.8 Å². The Balaban J connectivity index is 1.63. The zero-order chi connectivity index (χ0) is 22.0. The molecule has 1 aromatic carbocycles. The summed E-state index contributed by atoms with van der Waals surface area (Å²) in [4.78, 5) is 14.2. The van der Waals surface area contributed by atoms with Crippen molar-refractivity contribution in [2.45, 2.75) is 44.1 Å². The molecule has 31 heavy (non-hydrogen) atoms. The lowest BCUT2D eigenvalue weighted by molar-refractivity contribution is 0.0200. The zero-order valence-electron chi connectivity index (χ0n) is 17.5. The summed E-state index contributed by atoms with van der Waals surface area (Å²) < 4.78 is 34.1. The van der Waals surface area contributed by atoms with Crippen molar-refractivity contribution < 1.29 is 13.2 Å². The van der Waals surface area contributed by atoms with E-state index in [-0.39, 0.29) is 17.5 Å². The fraction of sp³-hybridized carbons (Fsp3) is 0.381. The molecule has 3 N–H and O–H groups in total. The fourth-order valence-electron chi connectivity index (χ4n) is 3.48. The van der Waals surface area contributed by atoms with Crippen molar-refractivity contribution in [3.8, 4) is 21.8 Å². The van der Waals surface area contributed by atoms with Gasteiger partial charge in [-0.15, -0.1) is 11.3 Å². The Kier molecular flexibility index (Phi) is 6.33. The third-order valence-electron chi connectivity index (χ3n) is 5.23. The van der Waals surface area contributed by atoms with Gasteiger partial charge >= 0.3 is 0 Å². The van der Waals surface area contributed by atoms with Crippen molar-refractivity contribution in [3.05, 3.63) is 41.2 Å². The third-order valence-corrected chi connectivity index (χ3v) is 7.57. The van der Waals surface area contributed by atoms with Gasteiger partial charge in [0.1, 0.15) is 5.69 Å². The maximum absolute atomic E-state index is 12.9. The van der Waals surface area contributed by atoms with Gasteiger partial charge in [0.25, 0.3) is 0 Å². The van der Waals surface area contributed by atoms with Crippen molar-refractivity contribution in [2.24, 2.45) is 0 Å². The first-order chi connectivity index (χ1) is 14.8. The molecule has 1 aliphatic heterocycles. The molecule has 0 saturated carbocycles. The summed E-state index contributed by atoms with van der Waals surface area (Å²) in [6.45, 7) is 4.76. The van der Waals surface area contributed by atoms with E-state index in [4.69, 9.17) is 10.5 Å². The maximum Gasteiger partial charge on any atom is 0.240 e. The van der Waals surface area contributed by atoms with Gasteiger partial charge in [-0.1, -0.05) is 6.07 Å². The van der Waals surface area contributed by atoms with E-state index >= 15 is 0 Å². The lowest BCUT2D eigenvalue weighted by Gasteiger charge is -2.22. The van der Waals surface area contributed by atoms with Gasteiger partial charge in [0, 0.05) is 24.9 Å². The minimum Gasteiger partial charge on any atom is -0.382 e. The van der Waals surface area contributed by atoms with Crippen molar-refractivity contribution >= 4 is 27.2 Å². The molecule has 1 fully saturated rings. The van der Waals surface area contributed by atoms with Crippen LogP contribution >= 0.6 is 11.3 Å². The molecule has 1 unspecified atom stereocenters. The number of nitrogens with one attached hydrogen (secondary N) is 1. The minimum atomic E-state index is -3.68. The Morgan fingerprint density at radius 2 is 2.06 bits per heavy atom. The van der Waals surface area contributed by atoms with Crippen LogP contribution < -0.4 is 10.5 Å². The van der Waals surface area contributed by atoms with Crippen LogP contribution in [-0.2, 0) is 14.8 Å². The average Bonchev–Trinajstić information content (AvgIpc) is 3.20. The molecule has 1 atom stereocenters. The second-order valence-electron chi connectivity index (χ2n) is 7.55. The molecular formula is C21H25N5O3S2. The number of thiazole rings is 1. The number of rotatable bonds is 6. The van der Waals surface area contributed by atoms with E-state index in [1.165, 1.54) is 11.3 Å². The summed E-state index contributed by atoms with van der Waals surface area (Å²) in [6, 6.07) is 5.00. The molecule has 10 heteroatoms. The van der Waals surface area contributed by atoms with Crippen molar-refractivity contribution in [2.75, 3.05) is 18.9 Å². The SMILES string of the molecule is Cc1ncc(-c2nc(-c3cc(S(=O)(=O)NCC4CCCCO4)ccc3C)cnc2N)s1. The van der Waals surface area contributed by atoms with Crippen LogP contribution in [0.5, 0.6) is 0 Å². The monoisotopic (exact) mass is 459 g/mol. The molecule has 0 spiro atoms. The first kappa shape index (κ1) is 21.8. The Morgan fingerprint density at radius 3 is 2.77 bits per heavy atom. The first-order valence-electron chi connectivity index (χ1n) is 10.1. The van der Waals surface area contributed by atoms with Crippen LogP contribution in [0.2, 0.25) is 0 Å². The van der Waals surface area contributed by atoms with Gasteiger partial charge in [-0.05, 0) is 50.8 Å². The number of nitrogens with zero attached hydrogens (tertiary/aromatic N) is 3. The van der Waals surface area contributed by atoms with E-state index < -0.39 is 10.0 Å². The number of aromatic nitrogens is 3. The van der Waals surface area contributed by atoms with E-state index in [1.54, 1.807) is 30.6 Å². The van der Waals surface area contributed by atoms with Crippen LogP contribution in [0.3, 0.4) is 0 Å². The molecule has 0 radical (unpaired) electrons. The van der Waals surface area contributed by atoms with E-state index in [9.17, 15) is 8.42 Å². The maximum atomic E-state index is 12.9. The fourth-order valence-corrected chi connectivity index (χ4v) is 5.35. The number of hydrogen-bond acceptors (Lipinski definition) is 8. The summed E-state index contributed by atoms with van der Waals surface area (Å²) in [5.41, 5.74) is 8.72. The number of nitrogen functional groups attached to an aromatic ring is 1. The Bertz CT molecular complexity index is 1190. The number of benzene rings is 1. The predicted octanol–water partition coefficient (Wildman–Crippen LogP) is 3.31. The number of hydrogen-bond donors (Lipinski definition) is 2. The molecule has 1 aliphatic rings. The van der Waals surface area contributed by atoms with E-state index in [0.717, 1.165) is 34.7 Å². The zero-order valence-corrected chi connectivity index (χ0v) is 19.1. The summed E-state index contributed by atoms with van der Waals surface area (Å²) >= 11 is 1.48. The normalized spacial score (nSPS) is 17.0. The Labute approximate surface area is 186 Å². The van der Waals surface area contributed by atoms with Gasteiger partial charge in [0.15, 0.2) is 5.82 Å². The molecule has 0 bridgehead atoms. The summed E-state index contributed by atoms with van der Waals surface area (Å²) in [5, 5.41) is 0.902. The molecule has 1 saturated heterocycles. The molecule has 2 aromatic heterocycles. The molecule has 4 rings (SSSR count). The van der Waals surface area contributed by atoms with E-state index in [1.807, 2.05) is 13.8 Å². The second kappa shape index (κ2) is 8.99. The van der Waals surface area contributed by atoms with Crippen LogP contribution in [0.15, 0.2) is 35.5 Å². The van der Waals surface area contributed by atoms with Gasteiger partial charge in [-0.25, -0.2) is 28.1 Å². The highest BCUT2D eigenvalue weighted by Crippen LogP contribution is 2.31. The van der Waals surface area contributed by atoms with Crippen molar-refractivity contribution in [1.29, 1.82) is 0 Å². The first-order valence-corrected chi connectivity index (χ1v) is 12.4. The van der Waals surface area contributed by atoms with Crippen molar-refractivity contribution in [1.82, 2.24) is 19.7 Å². The highest BCUT2D eigenvalue weighted by Gasteiger charge is 2.21. The van der Waals surface area contributed by atoms with Crippen LogP contribution in [0.4, 0.5) is 5.82 Å². The molecule has 8 nitrogen and oxygen atoms in total. The smallest absolute Gasteiger partial charge is 0.240 e. The van der Waals surface area contributed by atoms with Gasteiger partial charge < -0.3 is 10.5 Å². The van der Waals surface area contributed by atoms with Gasteiger partial charge in [0.2, 0.25) is 10.0 Å². The van der Waals surface area contributed by atoms with Crippen LogP contribution in [-0.4, -0.2) is 42.6 Å². The van der Waals surface area contributed by atoms with Crippen LogP contribution in [0, 0.1) is 13.8 Å². The molecular weight excluding hydrogens is 434 g/mol. The summed E-state index contributed by atoms with van der Waals surface area (Å²) in [6.07, 6.45) is 6.14. The number of aryl methyl sites for hydroxylation is 2. The lowest BCUT2D eigenvalue weighted by Crippen LogP contribution is -2.35. The topological polar surface area (TPSA) is 120 Å². The predicted molar refractivity (Wildman–Crippen MR) is 121 cm³/mol. The summed E-state index contributed by atoms with van der Waals surface area (Å²) in [7, 11) is -3.68. The van der Waals surface area contributed by atoms with Gasteiger partial charge in [-0.3, -0.25) is 0 Å². The Morgan fingerprint density at radius 1 is 1.23 bits per heavy atom. The quantitative estimate of drug-likeness (QED) is 0.580. The van der Waals surface area contributed by atoms with Gasteiger partial charge in [-0.2, -0.15) is 0 Å². The standard InChI is InChI=1S/C21H25N5O3S2/c1-13-6-7-16(31(27,28)25-10-15-5-3-4-8-29-15)9-17(13)18-11-24-21(22)20(26-18)19-12-23-14(2)30-19/h6-7,9,11-12,15,25H,3-5,8,10H2,1-2H3,(H2,22,24). The van der Waals surface area contributed by atoms with Gasteiger partial charge in [0.05, 0.1) is 32.8 Å². The number of ether oxygens (including phenoxy) is 1. The highest BCUT2D eigenvalue weighted by molar-refractivity contribution is 7.89. The molecule has 0 aliphatic carbocycles. The summed E-state index contributed by atoms with van der Waals surface area (Å²) in [5.74, 6) is 0.308. The molecule has 164 valence electrons. The average molecular weight is 460 g/mol. The highest BCUT2D eigenvalue weighted by atomic mass is 32.2. The molecule has 0 amide bonds. The number of sulfonamides is 1. The molecule has 3 heterocycles. The number of anilines is 1.